The molecule has 2 heterocycles. The molecule has 0 aliphatic carbocycles. The van der Waals surface area contributed by atoms with Crippen LogP contribution in [0.3, 0.4) is 0 Å². The molecular weight excluding hydrogens is 244 g/mol. The van der Waals surface area contributed by atoms with Gasteiger partial charge in [0.05, 0.1) is 10.7 Å². The Morgan fingerprint density at radius 3 is 2.94 bits per heavy atom. The standard InChI is InChI=1S/C10H9ClN4O2/c11-7-2-1-4-12-8(7)3-5-15-6-13-9(14-15)10(16)17/h1-2,4,6H,3,5H2,(H,16,17). The molecule has 0 fully saturated rings. The van der Waals surface area contributed by atoms with Gasteiger partial charge < -0.3 is 5.11 Å². The Morgan fingerprint density at radius 2 is 2.29 bits per heavy atom. The lowest BCUT2D eigenvalue weighted by molar-refractivity contribution is 0.0683. The number of hydrogen-bond acceptors (Lipinski definition) is 4. The second kappa shape index (κ2) is 4.92. The molecule has 2 aromatic heterocycles. The van der Waals surface area contributed by atoms with Crippen LogP contribution in [0.1, 0.15) is 16.3 Å². The summed E-state index contributed by atoms with van der Waals surface area (Å²) < 4.78 is 1.45. The van der Waals surface area contributed by atoms with Crippen LogP contribution in [-0.4, -0.2) is 30.8 Å². The Morgan fingerprint density at radius 1 is 1.47 bits per heavy atom. The summed E-state index contributed by atoms with van der Waals surface area (Å²) >= 11 is 5.94. The monoisotopic (exact) mass is 252 g/mol. The second-order valence-corrected chi connectivity index (χ2v) is 3.73. The molecule has 0 aliphatic heterocycles. The van der Waals surface area contributed by atoms with Crippen LogP contribution in [-0.2, 0) is 13.0 Å². The Bertz CT molecular complexity index is 541. The van der Waals surface area contributed by atoms with Crippen molar-refractivity contribution in [3.05, 3.63) is 41.2 Å². The van der Waals surface area contributed by atoms with Crippen molar-refractivity contribution >= 4 is 17.6 Å². The van der Waals surface area contributed by atoms with Gasteiger partial charge in [-0.25, -0.2) is 9.78 Å². The molecule has 88 valence electrons. The van der Waals surface area contributed by atoms with E-state index in [4.69, 9.17) is 16.7 Å². The van der Waals surface area contributed by atoms with Crippen LogP contribution in [0.4, 0.5) is 0 Å². The number of aromatic nitrogens is 4. The van der Waals surface area contributed by atoms with E-state index in [2.05, 4.69) is 15.1 Å². The molecule has 1 N–H and O–H groups in total. The van der Waals surface area contributed by atoms with Crippen molar-refractivity contribution < 1.29 is 9.90 Å². The van der Waals surface area contributed by atoms with Crippen LogP contribution in [0.5, 0.6) is 0 Å². The Hall–Kier alpha value is -1.95. The molecule has 0 amide bonds. The maximum atomic E-state index is 10.6. The van der Waals surface area contributed by atoms with E-state index in [0.717, 1.165) is 5.69 Å². The smallest absolute Gasteiger partial charge is 0.375 e. The molecule has 0 spiro atoms. The number of carbonyl (C=O) groups is 1. The third-order valence-electron chi connectivity index (χ3n) is 2.14. The fraction of sp³-hybridized carbons (Fsp3) is 0.200. The minimum atomic E-state index is -1.14. The lowest BCUT2D eigenvalue weighted by Crippen LogP contribution is -2.06. The normalized spacial score (nSPS) is 10.4. The van der Waals surface area contributed by atoms with Crippen LogP contribution in [0.2, 0.25) is 5.02 Å². The van der Waals surface area contributed by atoms with Gasteiger partial charge in [-0.05, 0) is 12.1 Å². The van der Waals surface area contributed by atoms with Crippen LogP contribution in [0.25, 0.3) is 0 Å². The summed E-state index contributed by atoms with van der Waals surface area (Å²) in [5, 5.41) is 13.0. The Balaban J connectivity index is 2.02. The van der Waals surface area contributed by atoms with Crippen molar-refractivity contribution in [1.29, 1.82) is 0 Å². The highest BCUT2D eigenvalue weighted by Gasteiger charge is 2.09. The molecule has 0 unspecified atom stereocenters. The predicted octanol–water partition coefficient (Wildman–Crippen LogP) is 1.27. The molecule has 0 aromatic carbocycles. The number of halogens is 1. The van der Waals surface area contributed by atoms with Gasteiger partial charge >= 0.3 is 5.97 Å². The molecule has 0 saturated heterocycles. The van der Waals surface area contributed by atoms with Crippen molar-refractivity contribution in [3.8, 4) is 0 Å². The van der Waals surface area contributed by atoms with Gasteiger partial charge in [0, 0.05) is 19.2 Å². The summed E-state index contributed by atoms with van der Waals surface area (Å²) in [6.07, 6.45) is 3.60. The van der Waals surface area contributed by atoms with Crippen molar-refractivity contribution in [1.82, 2.24) is 19.7 Å². The van der Waals surface area contributed by atoms with Gasteiger partial charge in [0.2, 0.25) is 0 Å². The largest absolute Gasteiger partial charge is 0.475 e. The number of carboxylic acid groups (broad SMARTS) is 1. The van der Waals surface area contributed by atoms with Gasteiger partial charge in [-0.2, -0.15) is 0 Å². The highest BCUT2D eigenvalue weighted by Crippen LogP contribution is 2.12. The zero-order valence-corrected chi connectivity index (χ0v) is 9.50. The predicted molar refractivity (Wildman–Crippen MR) is 59.9 cm³/mol. The van der Waals surface area contributed by atoms with Crippen LogP contribution < -0.4 is 0 Å². The first-order chi connectivity index (χ1) is 8.16. The van der Waals surface area contributed by atoms with Gasteiger partial charge in [-0.1, -0.05) is 11.6 Å². The summed E-state index contributed by atoms with van der Waals surface area (Å²) in [4.78, 5) is 18.3. The number of aromatic carboxylic acids is 1. The molecule has 0 bridgehead atoms. The van der Waals surface area contributed by atoms with E-state index in [9.17, 15) is 4.79 Å². The minimum Gasteiger partial charge on any atom is -0.475 e. The lowest BCUT2D eigenvalue weighted by Gasteiger charge is -2.02. The van der Waals surface area contributed by atoms with E-state index in [-0.39, 0.29) is 5.82 Å². The number of carboxylic acids is 1. The molecule has 17 heavy (non-hydrogen) atoms. The molecular formula is C10H9ClN4O2. The highest BCUT2D eigenvalue weighted by atomic mass is 35.5. The van der Waals surface area contributed by atoms with Crippen molar-refractivity contribution in [2.45, 2.75) is 13.0 Å². The summed E-state index contributed by atoms with van der Waals surface area (Å²) in [7, 11) is 0. The third kappa shape index (κ3) is 2.79. The Labute approximate surface area is 102 Å². The molecule has 0 radical (unpaired) electrons. The number of aryl methyl sites for hydroxylation is 2. The molecule has 6 nitrogen and oxygen atoms in total. The fourth-order valence-electron chi connectivity index (χ4n) is 1.32. The summed E-state index contributed by atoms with van der Waals surface area (Å²) in [6.45, 7) is 0.483. The van der Waals surface area contributed by atoms with Gasteiger partial charge in [0.25, 0.3) is 5.82 Å². The fourth-order valence-corrected chi connectivity index (χ4v) is 1.54. The van der Waals surface area contributed by atoms with E-state index < -0.39 is 5.97 Å². The zero-order valence-electron chi connectivity index (χ0n) is 8.75. The van der Waals surface area contributed by atoms with E-state index in [0.29, 0.717) is 18.0 Å². The Kier molecular flexibility index (Phi) is 3.34. The second-order valence-electron chi connectivity index (χ2n) is 3.32. The third-order valence-corrected chi connectivity index (χ3v) is 2.48. The average molecular weight is 253 g/mol. The van der Waals surface area contributed by atoms with Crippen molar-refractivity contribution in [2.24, 2.45) is 0 Å². The first-order valence-electron chi connectivity index (χ1n) is 4.89. The van der Waals surface area contributed by atoms with Crippen LogP contribution in [0.15, 0.2) is 24.7 Å². The van der Waals surface area contributed by atoms with Crippen molar-refractivity contribution in [3.63, 3.8) is 0 Å². The van der Waals surface area contributed by atoms with Gasteiger partial charge in [0.1, 0.15) is 6.33 Å². The van der Waals surface area contributed by atoms with Crippen molar-refractivity contribution in [2.75, 3.05) is 0 Å². The van der Waals surface area contributed by atoms with Gasteiger partial charge in [-0.15, -0.1) is 5.10 Å². The van der Waals surface area contributed by atoms with E-state index in [1.807, 2.05) is 0 Å². The topological polar surface area (TPSA) is 80.9 Å². The highest BCUT2D eigenvalue weighted by molar-refractivity contribution is 6.31. The molecule has 7 heteroatoms. The molecule has 0 aliphatic rings. The lowest BCUT2D eigenvalue weighted by atomic mass is 10.3. The first kappa shape index (κ1) is 11.5. The van der Waals surface area contributed by atoms with Crippen LogP contribution >= 0.6 is 11.6 Å². The SMILES string of the molecule is O=C(O)c1ncn(CCc2ncccc2Cl)n1. The summed E-state index contributed by atoms with van der Waals surface area (Å²) in [5.74, 6) is -1.35. The minimum absolute atomic E-state index is 0.211. The molecule has 2 aromatic rings. The maximum Gasteiger partial charge on any atom is 0.375 e. The van der Waals surface area contributed by atoms with E-state index in [1.54, 1.807) is 18.3 Å². The summed E-state index contributed by atoms with van der Waals surface area (Å²) in [6, 6.07) is 3.51. The summed E-state index contributed by atoms with van der Waals surface area (Å²) in [5.41, 5.74) is 0.751. The molecule has 0 saturated carbocycles. The average Bonchev–Trinajstić information content (AvgIpc) is 2.77. The van der Waals surface area contributed by atoms with E-state index >= 15 is 0 Å². The molecule has 0 atom stereocenters. The quantitative estimate of drug-likeness (QED) is 0.886. The van der Waals surface area contributed by atoms with Crippen LogP contribution in [0, 0.1) is 0 Å². The molecule has 2 rings (SSSR count). The number of hydrogen-bond donors (Lipinski definition) is 1. The zero-order chi connectivity index (χ0) is 12.3. The van der Waals surface area contributed by atoms with Gasteiger partial charge in [0.15, 0.2) is 0 Å². The first-order valence-corrected chi connectivity index (χ1v) is 5.27. The van der Waals surface area contributed by atoms with E-state index in [1.165, 1.54) is 11.0 Å². The number of pyridine rings is 1. The number of rotatable bonds is 4. The number of nitrogens with zero attached hydrogens (tertiary/aromatic N) is 4. The maximum absolute atomic E-state index is 10.6. The van der Waals surface area contributed by atoms with Gasteiger partial charge in [-0.3, -0.25) is 9.67 Å².